The quantitative estimate of drug-likeness (QED) is 0.808. The van der Waals surface area contributed by atoms with Gasteiger partial charge in [0.15, 0.2) is 0 Å². The van der Waals surface area contributed by atoms with Crippen LogP contribution in [0.3, 0.4) is 0 Å². The molecule has 6 nitrogen and oxygen atoms in total. The molecular formula is C10H13F3N4O2. The molecule has 3 N–H and O–H groups in total. The molecule has 0 aliphatic carbocycles. The molecule has 19 heavy (non-hydrogen) atoms. The smallest absolute Gasteiger partial charge is 0.394 e. The zero-order valence-corrected chi connectivity index (χ0v) is 9.89. The Morgan fingerprint density at radius 3 is 2.84 bits per heavy atom. The van der Waals surface area contributed by atoms with E-state index in [1.54, 1.807) is 4.90 Å². The second-order valence-electron chi connectivity index (χ2n) is 4.09. The highest BCUT2D eigenvalue weighted by Gasteiger charge is 2.36. The molecule has 1 unspecified atom stereocenters. The lowest BCUT2D eigenvalue weighted by Crippen LogP contribution is -2.44. The van der Waals surface area contributed by atoms with Gasteiger partial charge < -0.3 is 20.5 Å². The van der Waals surface area contributed by atoms with Crippen molar-refractivity contribution in [3.05, 3.63) is 11.9 Å². The standard InChI is InChI=1S/C10H13F3N4O2/c11-10(12,13)9-15-7(14)3-8(16-9)17-1-2-19-6(4-17)5-18/h3,6,18H,1-2,4-5H2,(H2,14,15,16). The molecule has 0 radical (unpaired) electrons. The largest absolute Gasteiger partial charge is 0.451 e. The molecule has 1 aliphatic heterocycles. The minimum atomic E-state index is -4.65. The van der Waals surface area contributed by atoms with Gasteiger partial charge in [0.1, 0.15) is 11.6 Å². The highest BCUT2D eigenvalue weighted by Crippen LogP contribution is 2.29. The maximum absolute atomic E-state index is 12.6. The molecule has 0 amide bonds. The van der Waals surface area contributed by atoms with E-state index in [0.29, 0.717) is 13.2 Å². The Hall–Kier alpha value is -1.61. The van der Waals surface area contributed by atoms with Crippen molar-refractivity contribution in [1.29, 1.82) is 0 Å². The third-order valence-electron chi connectivity index (χ3n) is 2.65. The minimum Gasteiger partial charge on any atom is -0.394 e. The van der Waals surface area contributed by atoms with Crippen LogP contribution in [0.1, 0.15) is 5.82 Å². The first-order chi connectivity index (χ1) is 8.90. The van der Waals surface area contributed by atoms with Crippen LogP contribution in [0, 0.1) is 0 Å². The average molecular weight is 278 g/mol. The summed E-state index contributed by atoms with van der Waals surface area (Å²) in [5.74, 6) is -1.43. The Morgan fingerprint density at radius 2 is 2.21 bits per heavy atom. The van der Waals surface area contributed by atoms with Gasteiger partial charge in [-0.1, -0.05) is 0 Å². The second kappa shape index (κ2) is 5.17. The van der Waals surface area contributed by atoms with E-state index >= 15 is 0 Å². The predicted molar refractivity (Wildman–Crippen MR) is 60.5 cm³/mol. The fourth-order valence-corrected chi connectivity index (χ4v) is 1.78. The third-order valence-corrected chi connectivity index (χ3v) is 2.65. The molecule has 0 bridgehead atoms. The average Bonchev–Trinajstić information content (AvgIpc) is 2.37. The van der Waals surface area contributed by atoms with Crippen molar-refractivity contribution < 1.29 is 23.0 Å². The topological polar surface area (TPSA) is 84.5 Å². The van der Waals surface area contributed by atoms with E-state index in [0.717, 1.165) is 0 Å². The van der Waals surface area contributed by atoms with E-state index in [2.05, 4.69) is 9.97 Å². The van der Waals surface area contributed by atoms with Gasteiger partial charge in [-0.15, -0.1) is 0 Å². The van der Waals surface area contributed by atoms with Gasteiger partial charge in [-0.25, -0.2) is 9.97 Å². The molecule has 0 aromatic carbocycles. The molecule has 1 atom stereocenters. The van der Waals surface area contributed by atoms with Crippen molar-refractivity contribution in [2.24, 2.45) is 0 Å². The summed E-state index contributed by atoms with van der Waals surface area (Å²) < 4.78 is 43.0. The number of hydrogen-bond donors (Lipinski definition) is 2. The summed E-state index contributed by atoms with van der Waals surface area (Å²) in [5, 5.41) is 9.01. The van der Waals surface area contributed by atoms with E-state index in [9.17, 15) is 13.2 Å². The van der Waals surface area contributed by atoms with Crippen LogP contribution in [0.2, 0.25) is 0 Å². The summed E-state index contributed by atoms with van der Waals surface area (Å²) in [6, 6.07) is 1.27. The molecule has 1 saturated heterocycles. The summed E-state index contributed by atoms with van der Waals surface area (Å²) in [6.07, 6.45) is -5.09. The number of nitrogens with zero attached hydrogens (tertiary/aromatic N) is 3. The molecule has 0 saturated carbocycles. The van der Waals surface area contributed by atoms with Crippen molar-refractivity contribution in [3.8, 4) is 0 Å². The van der Waals surface area contributed by atoms with E-state index in [1.165, 1.54) is 6.07 Å². The summed E-state index contributed by atoms with van der Waals surface area (Å²) in [6.45, 7) is 0.730. The van der Waals surface area contributed by atoms with Crippen molar-refractivity contribution in [2.45, 2.75) is 12.3 Å². The van der Waals surface area contributed by atoms with Crippen LogP contribution >= 0.6 is 0 Å². The van der Waals surface area contributed by atoms with Crippen molar-refractivity contribution in [2.75, 3.05) is 36.9 Å². The Kier molecular flexibility index (Phi) is 3.76. The Balaban J connectivity index is 2.26. The van der Waals surface area contributed by atoms with E-state index < -0.39 is 18.1 Å². The number of hydrogen-bond acceptors (Lipinski definition) is 6. The molecule has 1 aliphatic rings. The van der Waals surface area contributed by atoms with Gasteiger partial charge in [-0.05, 0) is 0 Å². The predicted octanol–water partition coefficient (Wildman–Crippen LogP) is 0.275. The first-order valence-electron chi connectivity index (χ1n) is 5.59. The zero-order chi connectivity index (χ0) is 14.0. The maximum atomic E-state index is 12.6. The Labute approximate surface area is 107 Å². The minimum absolute atomic E-state index is 0.0848. The number of alkyl halides is 3. The number of rotatable bonds is 2. The Morgan fingerprint density at radius 1 is 1.47 bits per heavy atom. The van der Waals surface area contributed by atoms with Crippen molar-refractivity contribution >= 4 is 11.6 Å². The second-order valence-corrected chi connectivity index (χ2v) is 4.09. The maximum Gasteiger partial charge on any atom is 0.451 e. The normalized spacial score (nSPS) is 20.6. The fraction of sp³-hybridized carbons (Fsp3) is 0.600. The van der Waals surface area contributed by atoms with Crippen LogP contribution in [0.4, 0.5) is 24.8 Å². The van der Waals surface area contributed by atoms with Crippen LogP contribution in [-0.4, -0.2) is 47.5 Å². The molecular weight excluding hydrogens is 265 g/mol. The SMILES string of the molecule is Nc1cc(N2CCOC(CO)C2)nc(C(F)(F)F)n1. The number of nitrogens with two attached hydrogens (primary N) is 1. The lowest BCUT2D eigenvalue weighted by atomic mass is 10.3. The van der Waals surface area contributed by atoms with Gasteiger partial charge >= 0.3 is 6.18 Å². The number of aromatic nitrogens is 2. The first-order valence-corrected chi connectivity index (χ1v) is 5.59. The summed E-state index contributed by atoms with van der Waals surface area (Å²) >= 11 is 0. The number of ether oxygens (including phenoxy) is 1. The number of anilines is 2. The van der Waals surface area contributed by atoms with Gasteiger partial charge in [0, 0.05) is 19.2 Å². The molecule has 2 heterocycles. The van der Waals surface area contributed by atoms with Gasteiger partial charge in [0.25, 0.3) is 0 Å². The summed E-state index contributed by atoms with van der Waals surface area (Å²) in [5.41, 5.74) is 5.37. The molecule has 0 spiro atoms. The van der Waals surface area contributed by atoms with Gasteiger partial charge in [0.05, 0.1) is 19.3 Å². The highest BCUT2D eigenvalue weighted by atomic mass is 19.4. The van der Waals surface area contributed by atoms with Crippen LogP contribution in [0.25, 0.3) is 0 Å². The monoisotopic (exact) mass is 278 g/mol. The molecule has 9 heteroatoms. The number of aliphatic hydroxyl groups is 1. The molecule has 1 fully saturated rings. The fourth-order valence-electron chi connectivity index (χ4n) is 1.78. The highest BCUT2D eigenvalue weighted by molar-refractivity contribution is 5.47. The van der Waals surface area contributed by atoms with Crippen LogP contribution < -0.4 is 10.6 Å². The van der Waals surface area contributed by atoms with E-state index in [-0.39, 0.29) is 24.8 Å². The Bertz CT molecular complexity index is 455. The van der Waals surface area contributed by atoms with Crippen LogP contribution in [0.5, 0.6) is 0 Å². The molecule has 1 aromatic heterocycles. The van der Waals surface area contributed by atoms with Gasteiger partial charge in [-0.2, -0.15) is 13.2 Å². The number of aliphatic hydroxyl groups excluding tert-OH is 1. The zero-order valence-electron chi connectivity index (χ0n) is 9.89. The molecule has 2 rings (SSSR count). The van der Waals surface area contributed by atoms with E-state index in [1.807, 2.05) is 0 Å². The number of halogens is 3. The number of nitrogen functional groups attached to an aromatic ring is 1. The van der Waals surface area contributed by atoms with Crippen molar-refractivity contribution in [3.63, 3.8) is 0 Å². The molecule has 1 aromatic rings. The third kappa shape index (κ3) is 3.24. The first kappa shape index (κ1) is 13.8. The van der Waals surface area contributed by atoms with Gasteiger partial charge in [0.2, 0.25) is 5.82 Å². The molecule has 106 valence electrons. The summed E-state index contributed by atoms with van der Waals surface area (Å²) in [4.78, 5) is 8.22. The summed E-state index contributed by atoms with van der Waals surface area (Å²) in [7, 11) is 0. The van der Waals surface area contributed by atoms with E-state index in [4.69, 9.17) is 15.6 Å². The lowest BCUT2D eigenvalue weighted by Gasteiger charge is -2.33. The van der Waals surface area contributed by atoms with Crippen LogP contribution in [-0.2, 0) is 10.9 Å². The number of morpholine rings is 1. The lowest BCUT2D eigenvalue weighted by molar-refractivity contribution is -0.144. The van der Waals surface area contributed by atoms with Gasteiger partial charge in [-0.3, -0.25) is 0 Å². The van der Waals surface area contributed by atoms with Crippen molar-refractivity contribution in [1.82, 2.24) is 9.97 Å². The van der Waals surface area contributed by atoms with Crippen LogP contribution in [0.15, 0.2) is 6.07 Å².